The maximum Gasteiger partial charge on any atom is 0.146 e. The fraction of sp³-hybridized carbons (Fsp3) is 0.600. The van der Waals surface area contributed by atoms with Crippen LogP contribution in [0.15, 0.2) is 6.07 Å². The predicted octanol–water partition coefficient (Wildman–Crippen LogP) is 1.65. The summed E-state index contributed by atoms with van der Waals surface area (Å²) < 4.78 is 0. The Balaban J connectivity index is 1.94. The number of aliphatic hydroxyl groups excluding tert-OH is 1. The Hall–Kier alpha value is -1.60. The Morgan fingerprint density at radius 1 is 1.42 bits per heavy atom. The highest BCUT2D eigenvalue weighted by atomic mass is 16.3. The summed E-state index contributed by atoms with van der Waals surface area (Å²) in [6.45, 7) is 1.94. The van der Waals surface area contributed by atoms with Crippen molar-refractivity contribution in [3.05, 3.63) is 22.9 Å². The number of aromatic nitrogens is 1. The molecule has 1 N–H and O–H groups in total. The standard InChI is InChI=1S/C15H19N3O/c16-8-13-7-12-3-1-2-4-14(12)17-15(13)18-6-5-11(9-18)10-19/h7,11,19H,1-6,9-10H2. The van der Waals surface area contributed by atoms with Crippen LogP contribution in [0.2, 0.25) is 0 Å². The Labute approximate surface area is 113 Å². The van der Waals surface area contributed by atoms with Gasteiger partial charge >= 0.3 is 0 Å². The Morgan fingerprint density at radius 3 is 3.00 bits per heavy atom. The number of nitriles is 1. The zero-order chi connectivity index (χ0) is 13.2. The van der Waals surface area contributed by atoms with Crippen LogP contribution >= 0.6 is 0 Å². The molecule has 19 heavy (non-hydrogen) atoms. The van der Waals surface area contributed by atoms with Gasteiger partial charge in [0.15, 0.2) is 0 Å². The topological polar surface area (TPSA) is 60.2 Å². The van der Waals surface area contributed by atoms with E-state index in [2.05, 4.69) is 11.0 Å². The van der Waals surface area contributed by atoms with Crippen molar-refractivity contribution in [2.45, 2.75) is 32.1 Å². The molecule has 1 aliphatic heterocycles. The van der Waals surface area contributed by atoms with E-state index in [-0.39, 0.29) is 6.61 Å². The summed E-state index contributed by atoms with van der Waals surface area (Å²) in [4.78, 5) is 6.92. The zero-order valence-corrected chi connectivity index (χ0v) is 11.1. The minimum absolute atomic E-state index is 0.226. The maximum atomic E-state index is 9.34. The van der Waals surface area contributed by atoms with Gasteiger partial charge in [0.2, 0.25) is 0 Å². The molecule has 4 nitrogen and oxygen atoms in total. The molecule has 1 fully saturated rings. The van der Waals surface area contributed by atoms with Gasteiger partial charge in [-0.1, -0.05) is 0 Å². The average Bonchev–Trinajstić information content (AvgIpc) is 2.94. The van der Waals surface area contributed by atoms with Crippen molar-refractivity contribution in [1.82, 2.24) is 4.98 Å². The Morgan fingerprint density at radius 2 is 2.26 bits per heavy atom. The molecule has 1 aliphatic carbocycles. The molecule has 4 heteroatoms. The van der Waals surface area contributed by atoms with Crippen molar-refractivity contribution in [2.24, 2.45) is 5.92 Å². The second kappa shape index (κ2) is 5.18. The number of pyridine rings is 1. The number of aryl methyl sites for hydroxylation is 2. The lowest BCUT2D eigenvalue weighted by molar-refractivity contribution is 0.238. The van der Waals surface area contributed by atoms with Crippen LogP contribution in [-0.4, -0.2) is 29.8 Å². The molecule has 0 aromatic carbocycles. The van der Waals surface area contributed by atoms with Crippen LogP contribution < -0.4 is 4.90 Å². The quantitative estimate of drug-likeness (QED) is 0.875. The van der Waals surface area contributed by atoms with Gasteiger partial charge < -0.3 is 10.0 Å². The molecule has 1 aromatic heterocycles. The molecular formula is C15H19N3O. The maximum absolute atomic E-state index is 9.34. The Bertz CT molecular complexity index is 521. The van der Waals surface area contributed by atoms with Gasteiger partial charge in [-0.3, -0.25) is 0 Å². The molecule has 0 radical (unpaired) electrons. The van der Waals surface area contributed by atoms with Crippen molar-refractivity contribution in [3.63, 3.8) is 0 Å². The first-order valence-corrected chi connectivity index (χ1v) is 7.10. The zero-order valence-electron chi connectivity index (χ0n) is 11.1. The van der Waals surface area contributed by atoms with Crippen molar-refractivity contribution in [3.8, 4) is 6.07 Å². The van der Waals surface area contributed by atoms with Crippen molar-refractivity contribution < 1.29 is 5.11 Å². The lowest BCUT2D eigenvalue weighted by atomic mass is 9.95. The van der Waals surface area contributed by atoms with E-state index in [9.17, 15) is 10.4 Å². The summed E-state index contributed by atoms with van der Waals surface area (Å²) >= 11 is 0. The number of rotatable bonds is 2. The second-order valence-electron chi connectivity index (χ2n) is 5.57. The first kappa shape index (κ1) is 12.4. The molecule has 100 valence electrons. The molecule has 0 bridgehead atoms. The summed E-state index contributed by atoms with van der Waals surface area (Å²) in [6, 6.07) is 4.32. The van der Waals surface area contributed by atoms with Gasteiger partial charge in [0.05, 0.1) is 5.56 Å². The fourth-order valence-corrected chi connectivity index (χ4v) is 3.12. The van der Waals surface area contributed by atoms with Crippen LogP contribution in [0.3, 0.4) is 0 Å². The van der Waals surface area contributed by atoms with Crippen LogP contribution in [0.4, 0.5) is 5.82 Å². The van der Waals surface area contributed by atoms with Crippen LogP contribution in [0.25, 0.3) is 0 Å². The molecule has 1 atom stereocenters. The van der Waals surface area contributed by atoms with Crippen LogP contribution in [-0.2, 0) is 12.8 Å². The third-order valence-electron chi connectivity index (χ3n) is 4.24. The van der Waals surface area contributed by atoms with Crippen molar-refractivity contribution in [1.29, 1.82) is 5.26 Å². The van der Waals surface area contributed by atoms with Gasteiger partial charge in [-0.05, 0) is 43.7 Å². The number of anilines is 1. The minimum Gasteiger partial charge on any atom is -0.396 e. The highest BCUT2D eigenvalue weighted by Crippen LogP contribution is 2.29. The van der Waals surface area contributed by atoms with E-state index in [0.29, 0.717) is 11.5 Å². The molecule has 0 saturated carbocycles. The van der Waals surface area contributed by atoms with E-state index in [1.807, 2.05) is 6.07 Å². The monoisotopic (exact) mass is 257 g/mol. The van der Waals surface area contributed by atoms with Gasteiger partial charge in [-0.15, -0.1) is 0 Å². The Kier molecular flexibility index (Phi) is 3.39. The molecule has 2 aliphatic rings. The smallest absolute Gasteiger partial charge is 0.146 e. The highest BCUT2D eigenvalue weighted by Gasteiger charge is 2.26. The molecule has 1 aromatic rings. The van der Waals surface area contributed by atoms with Crippen LogP contribution in [0.1, 0.15) is 36.1 Å². The van der Waals surface area contributed by atoms with Gasteiger partial charge in [0, 0.05) is 31.3 Å². The first-order chi connectivity index (χ1) is 9.31. The largest absolute Gasteiger partial charge is 0.396 e. The molecule has 3 rings (SSSR count). The predicted molar refractivity (Wildman–Crippen MR) is 73.0 cm³/mol. The third-order valence-corrected chi connectivity index (χ3v) is 4.24. The SMILES string of the molecule is N#Cc1cc2c(nc1N1CCC(CO)C1)CCCC2. The van der Waals surface area contributed by atoms with Gasteiger partial charge in [-0.25, -0.2) is 4.98 Å². The number of hydrogen-bond acceptors (Lipinski definition) is 4. The van der Waals surface area contributed by atoms with Crippen molar-refractivity contribution >= 4 is 5.82 Å². The molecular weight excluding hydrogens is 238 g/mol. The van der Waals surface area contributed by atoms with Gasteiger partial charge in [-0.2, -0.15) is 5.26 Å². The molecule has 0 amide bonds. The lowest BCUT2D eigenvalue weighted by Crippen LogP contribution is -2.24. The van der Waals surface area contributed by atoms with Crippen LogP contribution in [0, 0.1) is 17.2 Å². The summed E-state index contributed by atoms with van der Waals surface area (Å²) in [7, 11) is 0. The van der Waals surface area contributed by atoms with E-state index in [0.717, 1.165) is 38.2 Å². The fourth-order valence-electron chi connectivity index (χ4n) is 3.12. The average molecular weight is 257 g/mol. The number of aliphatic hydroxyl groups is 1. The van der Waals surface area contributed by atoms with E-state index in [4.69, 9.17) is 4.98 Å². The first-order valence-electron chi connectivity index (χ1n) is 7.10. The molecule has 1 unspecified atom stereocenters. The van der Waals surface area contributed by atoms with E-state index < -0.39 is 0 Å². The van der Waals surface area contributed by atoms with E-state index >= 15 is 0 Å². The second-order valence-corrected chi connectivity index (χ2v) is 5.57. The summed E-state index contributed by atoms with van der Waals surface area (Å²) in [6.07, 6.45) is 5.47. The lowest BCUT2D eigenvalue weighted by Gasteiger charge is -2.22. The summed E-state index contributed by atoms with van der Waals surface area (Å²) in [5, 5.41) is 18.6. The molecule has 1 saturated heterocycles. The third kappa shape index (κ3) is 2.31. The number of hydrogen-bond donors (Lipinski definition) is 1. The molecule has 0 spiro atoms. The molecule has 2 heterocycles. The number of nitrogens with zero attached hydrogens (tertiary/aromatic N) is 3. The van der Waals surface area contributed by atoms with Gasteiger partial charge in [0.25, 0.3) is 0 Å². The van der Waals surface area contributed by atoms with Crippen LogP contribution in [0.5, 0.6) is 0 Å². The highest BCUT2D eigenvalue weighted by molar-refractivity contribution is 5.57. The van der Waals surface area contributed by atoms with E-state index in [1.54, 1.807) is 0 Å². The van der Waals surface area contributed by atoms with Gasteiger partial charge in [0.1, 0.15) is 11.9 Å². The minimum atomic E-state index is 0.226. The summed E-state index contributed by atoms with van der Waals surface area (Å²) in [5.74, 6) is 1.16. The normalized spacial score (nSPS) is 22.1. The summed E-state index contributed by atoms with van der Waals surface area (Å²) in [5.41, 5.74) is 3.12. The number of fused-ring (bicyclic) bond motifs is 1. The van der Waals surface area contributed by atoms with E-state index in [1.165, 1.54) is 24.1 Å². The van der Waals surface area contributed by atoms with Crippen molar-refractivity contribution in [2.75, 3.05) is 24.6 Å².